The summed E-state index contributed by atoms with van der Waals surface area (Å²) in [6.07, 6.45) is 0. The minimum Gasteiger partial charge on any atom is -0.454 e. The molecule has 0 unspecified atom stereocenters. The van der Waals surface area contributed by atoms with E-state index in [1.807, 2.05) is 18.2 Å². The first-order valence-corrected chi connectivity index (χ1v) is 6.73. The van der Waals surface area contributed by atoms with Crippen LogP contribution in [0.5, 0.6) is 11.5 Å². The molecule has 0 bridgehead atoms. The second-order valence-electron chi connectivity index (χ2n) is 4.45. The van der Waals surface area contributed by atoms with Crippen molar-refractivity contribution in [3.8, 4) is 11.5 Å². The van der Waals surface area contributed by atoms with Crippen LogP contribution in [0.1, 0.15) is 5.56 Å². The second kappa shape index (κ2) is 5.63. The molecular weight excluding hydrogens is 264 g/mol. The van der Waals surface area contributed by atoms with Gasteiger partial charge >= 0.3 is 0 Å². The zero-order chi connectivity index (χ0) is 13.1. The van der Waals surface area contributed by atoms with E-state index in [0.29, 0.717) is 13.3 Å². The summed E-state index contributed by atoms with van der Waals surface area (Å²) in [7, 11) is 0. The minimum absolute atomic E-state index is 0.304. The number of fused-ring (bicyclic) bond motifs is 1. The van der Waals surface area contributed by atoms with Crippen molar-refractivity contribution in [2.45, 2.75) is 6.54 Å². The van der Waals surface area contributed by atoms with Crippen molar-refractivity contribution in [3.05, 3.63) is 23.8 Å². The molecule has 2 aliphatic rings. The average molecular weight is 280 g/mol. The van der Waals surface area contributed by atoms with Gasteiger partial charge in [0.1, 0.15) is 0 Å². The normalized spacial score (nSPS) is 17.4. The van der Waals surface area contributed by atoms with E-state index in [2.05, 4.69) is 10.2 Å². The molecule has 0 aliphatic carbocycles. The Balaban J connectivity index is 1.55. The molecule has 1 aromatic carbocycles. The summed E-state index contributed by atoms with van der Waals surface area (Å²) in [4.78, 5) is 2.13. The van der Waals surface area contributed by atoms with Gasteiger partial charge in [-0.3, -0.25) is 0 Å². The van der Waals surface area contributed by atoms with Gasteiger partial charge in [-0.25, -0.2) is 0 Å². The van der Waals surface area contributed by atoms with Crippen LogP contribution in [0.25, 0.3) is 0 Å². The first kappa shape index (κ1) is 12.5. The van der Waals surface area contributed by atoms with E-state index in [-0.39, 0.29) is 0 Å². The molecule has 1 saturated heterocycles. The summed E-state index contributed by atoms with van der Waals surface area (Å²) in [5, 5.41) is 4.04. The Labute approximate surface area is 117 Å². The Morgan fingerprint density at radius 1 is 1.21 bits per heavy atom. The fourth-order valence-corrected chi connectivity index (χ4v) is 2.36. The van der Waals surface area contributed by atoms with Crippen molar-refractivity contribution in [2.75, 3.05) is 33.1 Å². The molecule has 1 N–H and O–H groups in total. The standard InChI is InChI=1S/C13H16N2O3S/c19-13(15-3-5-16-6-4-15)14-8-10-1-2-11-12(7-10)18-9-17-11/h1-2,7H,3-6,8-9H2,(H,14,19). The molecule has 0 saturated carbocycles. The fraction of sp³-hybridized carbons (Fsp3) is 0.462. The van der Waals surface area contributed by atoms with E-state index >= 15 is 0 Å². The summed E-state index contributed by atoms with van der Waals surface area (Å²) < 4.78 is 15.9. The van der Waals surface area contributed by atoms with Gasteiger partial charge in [0.15, 0.2) is 16.6 Å². The van der Waals surface area contributed by atoms with Crippen LogP contribution >= 0.6 is 12.2 Å². The number of nitrogens with zero attached hydrogens (tertiary/aromatic N) is 1. The quantitative estimate of drug-likeness (QED) is 0.819. The van der Waals surface area contributed by atoms with Crippen LogP contribution in [-0.4, -0.2) is 43.1 Å². The molecule has 0 amide bonds. The SMILES string of the molecule is S=C(NCc1ccc2c(c1)OCO2)N1CCOCC1. The number of morpholine rings is 1. The van der Waals surface area contributed by atoms with Crippen LogP contribution in [0.4, 0.5) is 0 Å². The van der Waals surface area contributed by atoms with Gasteiger partial charge in [0.05, 0.1) is 13.2 Å². The Morgan fingerprint density at radius 2 is 2.00 bits per heavy atom. The maximum Gasteiger partial charge on any atom is 0.231 e. The molecule has 2 heterocycles. The van der Waals surface area contributed by atoms with Crippen molar-refractivity contribution in [3.63, 3.8) is 0 Å². The van der Waals surface area contributed by atoms with E-state index in [4.69, 9.17) is 26.4 Å². The Kier molecular flexibility index (Phi) is 3.70. The van der Waals surface area contributed by atoms with Gasteiger partial charge in [0, 0.05) is 19.6 Å². The number of rotatable bonds is 2. The Morgan fingerprint density at radius 3 is 2.84 bits per heavy atom. The summed E-state index contributed by atoms with van der Waals surface area (Å²) in [5.74, 6) is 1.61. The molecule has 5 nitrogen and oxygen atoms in total. The first-order chi connectivity index (χ1) is 9.33. The molecule has 0 aromatic heterocycles. The largest absolute Gasteiger partial charge is 0.454 e. The highest BCUT2D eigenvalue weighted by atomic mass is 32.1. The molecule has 0 radical (unpaired) electrons. The highest BCUT2D eigenvalue weighted by Crippen LogP contribution is 2.32. The van der Waals surface area contributed by atoms with Crippen LogP contribution in [0.2, 0.25) is 0 Å². The third-order valence-corrected chi connectivity index (χ3v) is 3.58. The number of hydrogen-bond acceptors (Lipinski definition) is 4. The van der Waals surface area contributed by atoms with Gasteiger partial charge < -0.3 is 24.4 Å². The van der Waals surface area contributed by atoms with Crippen molar-refractivity contribution < 1.29 is 14.2 Å². The number of benzene rings is 1. The summed E-state index contributed by atoms with van der Waals surface area (Å²) >= 11 is 5.38. The fourth-order valence-electron chi connectivity index (χ4n) is 2.11. The van der Waals surface area contributed by atoms with Gasteiger partial charge in [0.25, 0.3) is 0 Å². The summed E-state index contributed by atoms with van der Waals surface area (Å²) in [6, 6.07) is 5.93. The highest BCUT2D eigenvalue weighted by molar-refractivity contribution is 7.80. The zero-order valence-electron chi connectivity index (χ0n) is 10.6. The lowest BCUT2D eigenvalue weighted by molar-refractivity contribution is 0.0676. The van der Waals surface area contributed by atoms with Gasteiger partial charge in [-0.15, -0.1) is 0 Å². The predicted molar refractivity (Wildman–Crippen MR) is 74.4 cm³/mol. The maximum absolute atomic E-state index is 5.38. The van der Waals surface area contributed by atoms with E-state index in [1.54, 1.807) is 0 Å². The molecule has 0 atom stereocenters. The molecule has 1 fully saturated rings. The molecule has 2 aliphatic heterocycles. The number of hydrogen-bond donors (Lipinski definition) is 1. The molecular formula is C13H16N2O3S. The van der Waals surface area contributed by atoms with Crippen LogP contribution in [0, 0.1) is 0 Å². The van der Waals surface area contributed by atoms with E-state index in [0.717, 1.165) is 48.5 Å². The second-order valence-corrected chi connectivity index (χ2v) is 4.83. The highest BCUT2D eigenvalue weighted by Gasteiger charge is 2.15. The summed E-state index contributed by atoms with van der Waals surface area (Å²) in [5.41, 5.74) is 1.12. The Bertz CT molecular complexity index is 475. The predicted octanol–water partition coefficient (Wildman–Crippen LogP) is 1.12. The van der Waals surface area contributed by atoms with Crippen molar-refractivity contribution >= 4 is 17.3 Å². The number of thiocarbonyl (C=S) groups is 1. The van der Waals surface area contributed by atoms with Crippen molar-refractivity contribution in [2.24, 2.45) is 0 Å². The van der Waals surface area contributed by atoms with Gasteiger partial charge in [-0.05, 0) is 29.9 Å². The molecule has 6 heteroatoms. The number of nitrogens with one attached hydrogen (secondary N) is 1. The molecule has 0 spiro atoms. The van der Waals surface area contributed by atoms with Gasteiger partial charge in [-0.1, -0.05) is 6.07 Å². The molecule has 102 valence electrons. The lowest BCUT2D eigenvalue weighted by Crippen LogP contribution is -2.45. The van der Waals surface area contributed by atoms with Crippen LogP contribution < -0.4 is 14.8 Å². The summed E-state index contributed by atoms with van der Waals surface area (Å²) in [6.45, 7) is 4.18. The van der Waals surface area contributed by atoms with Crippen LogP contribution in [0.3, 0.4) is 0 Å². The topological polar surface area (TPSA) is 43.0 Å². The minimum atomic E-state index is 0.304. The van der Waals surface area contributed by atoms with E-state index < -0.39 is 0 Å². The van der Waals surface area contributed by atoms with Gasteiger partial charge in [0.2, 0.25) is 6.79 Å². The average Bonchev–Trinajstić information content (AvgIpc) is 2.93. The lowest BCUT2D eigenvalue weighted by atomic mass is 10.2. The van der Waals surface area contributed by atoms with Gasteiger partial charge in [-0.2, -0.15) is 0 Å². The van der Waals surface area contributed by atoms with Crippen molar-refractivity contribution in [1.29, 1.82) is 0 Å². The zero-order valence-corrected chi connectivity index (χ0v) is 11.4. The first-order valence-electron chi connectivity index (χ1n) is 6.32. The van der Waals surface area contributed by atoms with Crippen LogP contribution in [-0.2, 0) is 11.3 Å². The maximum atomic E-state index is 5.38. The third-order valence-electron chi connectivity index (χ3n) is 3.18. The monoisotopic (exact) mass is 280 g/mol. The lowest BCUT2D eigenvalue weighted by Gasteiger charge is -2.29. The van der Waals surface area contributed by atoms with Crippen LogP contribution in [0.15, 0.2) is 18.2 Å². The third kappa shape index (κ3) is 2.90. The Hall–Kier alpha value is -1.53. The molecule has 1 aromatic rings. The number of ether oxygens (including phenoxy) is 3. The molecule has 19 heavy (non-hydrogen) atoms. The molecule has 3 rings (SSSR count). The smallest absolute Gasteiger partial charge is 0.231 e. The van der Waals surface area contributed by atoms with Crippen molar-refractivity contribution in [1.82, 2.24) is 10.2 Å². The van der Waals surface area contributed by atoms with E-state index in [1.165, 1.54) is 0 Å². The van der Waals surface area contributed by atoms with E-state index in [9.17, 15) is 0 Å².